The van der Waals surface area contributed by atoms with Crippen molar-refractivity contribution in [3.8, 4) is 6.07 Å². The van der Waals surface area contributed by atoms with Crippen molar-refractivity contribution in [2.45, 2.75) is 32.4 Å². The molecule has 0 aliphatic carbocycles. The second-order valence-electron chi connectivity index (χ2n) is 9.60. The molecule has 2 saturated heterocycles. The number of primary amides is 1. The molecule has 0 radical (unpaired) electrons. The average molecular weight is 499 g/mol. The maximum Gasteiger partial charge on any atom is 0.417 e. The van der Waals surface area contributed by atoms with E-state index in [9.17, 15) is 22.8 Å². The van der Waals surface area contributed by atoms with Gasteiger partial charge in [0.05, 0.1) is 23.1 Å². The number of halogens is 3. The average Bonchev–Trinajstić information content (AvgIpc) is 3.33. The molecule has 2 heterocycles. The number of nitrogens with zero attached hydrogens (tertiary/aromatic N) is 3. The molecule has 2 fully saturated rings. The van der Waals surface area contributed by atoms with Gasteiger partial charge in [0.15, 0.2) is 0 Å². The van der Waals surface area contributed by atoms with Gasteiger partial charge < -0.3 is 15.5 Å². The van der Waals surface area contributed by atoms with Crippen molar-refractivity contribution in [1.82, 2.24) is 4.90 Å². The highest BCUT2D eigenvalue weighted by molar-refractivity contribution is 5.95. The minimum atomic E-state index is -4.61. The number of carbonyl (C=O) groups excluding carboxylic acids is 2. The topological polar surface area (TPSA) is 90.4 Å². The molecule has 0 aromatic heterocycles. The summed E-state index contributed by atoms with van der Waals surface area (Å²) in [5, 5.41) is 9.04. The van der Waals surface area contributed by atoms with Crippen LogP contribution in [0.5, 0.6) is 0 Å². The molecule has 0 saturated carbocycles. The van der Waals surface area contributed by atoms with E-state index in [0.717, 1.165) is 18.1 Å². The van der Waals surface area contributed by atoms with Gasteiger partial charge >= 0.3 is 6.18 Å². The van der Waals surface area contributed by atoms with E-state index in [2.05, 4.69) is 0 Å². The van der Waals surface area contributed by atoms with Gasteiger partial charge in [-0.2, -0.15) is 18.4 Å². The number of rotatable bonds is 5. The minimum absolute atomic E-state index is 0.0878. The van der Waals surface area contributed by atoms with Gasteiger partial charge in [-0.1, -0.05) is 19.1 Å². The van der Waals surface area contributed by atoms with E-state index in [1.165, 1.54) is 6.07 Å². The molecule has 4 rings (SSSR count). The van der Waals surface area contributed by atoms with Gasteiger partial charge in [-0.3, -0.25) is 9.59 Å². The Morgan fingerprint density at radius 3 is 2.31 bits per heavy atom. The summed E-state index contributed by atoms with van der Waals surface area (Å²) >= 11 is 0. The normalized spacial score (nSPS) is 20.9. The summed E-state index contributed by atoms with van der Waals surface area (Å²) in [5.41, 5.74) is 6.52. The molecule has 0 spiro atoms. The zero-order valence-corrected chi connectivity index (χ0v) is 20.1. The number of hydrogen-bond donors (Lipinski definition) is 1. The SMILES string of the molecule is CCc1ccc(C(=O)N2CC(C(N)=O)C(C3CCN(c4ccc(C#N)c(C(F)(F)F)c4)CC3)C2)cc1. The Morgan fingerprint density at radius 1 is 1.08 bits per heavy atom. The van der Waals surface area contributed by atoms with E-state index in [4.69, 9.17) is 11.0 Å². The van der Waals surface area contributed by atoms with E-state index >= 15 is 0 Å². The maximum absolute atomic E-state index is 13.4. The second kappa shape index (κ2) is 10.2. The lowest BCUT2D eigenvalue weighted by molar-refractivity contribution is -0.137. The smallest absolute Gasteiger partial charge is 0.372 e. The molecule has 0 bridgehead atoms. The molecule has 190 valence electrons. The Balaban J connectivity index is 1.45. The molecule has 2 aromatic rings. The van der Waals surface area contributed by atoms with Crippen molar-refractivity contribution >= 4 is 17.5 Å². The molecule has 2 aromatic carbocycles. The molecule has 2 atom stereocenters. The lowest BCUT2D eigenvalue weighted by Crippen LogP contribution is -2.40. The zero-order chi connectivity index (χ0) is 26.0. The van der Waals surface area contributed by atoms with Crippen LogP contribution in [0.4, 0.5) is 18.9 Å². The summed E-state index contributed by atoms with van der Waals surface area (Å²) in [5.74, 6) is -0.969. The highest BCUT2D eigenvalue weighted by Gasteiger charge is 2.43. The Kier molecular flexibility index (Phi) is 7.25. The summed E-state index contributed by atoms with van der Waals surface area (Å²) in [7, 11) is 0. The number of piperidine rings is 1. The molecule has 36 heavy (non-hydrogen) atoms. The Bertz CT molecular complexity index is 1170. The molecular weight excluding hydrogens is 469 g/mol. The van der Waals surface area contributed by atoms with Gasteiger partial charge in [0.1, 0.15) is 0 Å². The van der Waals surface area contributed by atoms with Crippen molar-refractivity contribution in [1.29, 1.82) is 5.26 Å². The van der Waals surface area contributed by atoms with Crippen molar-refractivity contribution in [3.05, 3.63) is 64.7 Å². The lowest BCUT2D eigenvalue weighted by Gasteiger charge is -2.37. The summed E-state index contributed by atoms with van der Waals surface area (Å²) in [6.45, 7) is 3.78. The monoisotopic (exact) mass is 498 g/mol. The summed E-state index contributed by atoms with van der Waals surface area (Å²) in [6, 6.07) is 12.9. The van der Waals surface area contributed by atoms with Crippen LogP contribution in [0.2, 0.25) is 0 Å². The Labute approximate surface area is 208 Å². The number of hydrogen-bond acceptors (Lipinski definition) is 4. The fourth-order valence-corrected chi connectivity index (χ4v) is 5.49. The molecule has 2 N–H and O–H groups in total. The predicted molar refractivity (Wildman–Crippen MR) is 129 cm³/mol. The van der Waals surface area contributed by atoms with Crippen LogP contribution in [-0.4, -0.2) is 42.9 Å². The zero-order valence-electron chi connectivity index (χ0n) is 20.1. The number of nitrogens with two attached hydrogens (primary N) is 1. The van der Waals surface area contributed by atoms with Crippen LogP contribution in [0.25, 0.3) is 0 Å². The number of alkyl halides is 3. The molecule has 2 unspecified atom stereocenters. The fraction of sp³-hybridized carbons (Fsp3) is 0.444. The summed E-state index contributed by atoms with van der Waals surface area (Å²) in [6.07, 6.45) is -2.39. The fourth-order valence-electron chi connectivity index (χ4n) is 5.49. The van der Waals surface area contributed by atoms with Crippen LogP contribution >= 0.6 is 0 Å². The minimum Gasteiger partial charge on any atom is -0.372 e. The van der Waals surface area contributed by atoms with Gasteiger partial charge in [0, 0.05) is 37.4 Å². The number of amides is 2. The van der Waals surface area contributed by atoms with E-state index in [1.807, 2.05) is 24.0 Å². The number of nitriles is 1. The van der Waals surface area contributed by atoms with E-state index in [0.29, 0.717) is 43.7 Å². The van der Waals surface area contributed by atoms with Crippen LogP contribution in [-0.2, 0) is 17.4 Å². The number of anilines is 1. The Hall–Kier alpha value is -3.54. The first-order valence-corrected chi connectivity index (χ1v) is 12.2. The van der Waals surface area contributed by atoms with Gasteiger partial charge in [-0.25, -0.2) is 0 Å². The third kappa shape index (κ3) is 5.18. The maximum atomic E-state index is 13.4. The van der Waals surface area contributed by atoms with Gasteiger partial charge in [0.25, 0.3) is 5.91 Å². The van der Waals surface area contributed by atoms with Gasteiger partial charge in [0.2, 0.25) is 5.91 Å². The van der Waals surface area contributed by atoms with Crippen molar-refractivity contribution in [2.75, 3.05) is 31.1 Å². The number of likely N-dealkylation sites (tertiary alicyclic amines) is 1. The van der Waals surface area contributed by atoms with Crippen molar-refractivity contribution in [3.63, 3.8) is 0 Å². The van der Waals surface area contributed by atoms with Crippen LogP contribution in [0.1, 0.15) is 46.8 Å². The lowest BCUT2D eigenvalue weighted by atomic mass is 9.78. The second-order valence-corrected chi connectivity index (χ2v) is 9.60. The number of aryl methyl sites for hydroxylation is 1. The quantitative estimate of drug-likeness (QED) is 0.668. The number of carbonyl (C=O) groups is 2. The third-order valence-electron chi connectivity index (χ3n) is 7.57. The van der Waals surface area contributed by atoms with Crippen LogP contribution in [0.3, 0.4) is 0 Å². The molecule has 6 nitrogen and oxygen atoms in total. The van der Waals surface area contributed by atoms with Crippen LogP contribution in [0.15, 0.2) is 42.5 Å². The molecule has 9 heteroatoms. The van der Waals surface area contributed by atoms with E-state index in [-0.39, 0.29) is 24.3 Å². The summed E-state index contributed by atoms with van der Waals surface area (Å²) < 4.78 is 40.2. The van der Waals surface area contributed by atoms with Crippen LogP contribution in [0, 0.1) is 29.1 Å². The molecule has 2 aliphatic heterocycles. The van der Waals surface area contributed by atoms with Crippen LogP contribution < -0.4 is 10.6 Å². The largest absolute Gasteiger partial charge is 0.417 e. The van der Waals surface area contributed by atoms with Crippen molar-refractivity contribution < 1.29 is 22.8 Å². The first-order valence-electron chi connectivity index (χ1n) is 12.2. The van der Waals surface area contributed by atoms with Gasteiger partial charge in [-0.15, -0.1) is 0 Å². The molecular formula is C27H29F3N4O2. The third-order valence-corrected chi connectivity index (χ3v) is 7.57. The Morgan fingerprint density at radius 2 is 1.75 bits per heavy atom. The standard InChI is InChI=1S/C27H29F3N4O2/c1-2-17-3-5-19(6-4-17)26(36)34-15-22(23(16-34)25(32)35)18-9-11-33(12-10-18)21-8-7-20(14-31)24(13-21)27(28,29)30/h3-8,13,18,22-23H,2,9-12,15-16H2,1H3,(H2,32,35). The first kappa shape index (κ1) is 25.5. The summed E-state index contributed by atoms with van der Waals surface area (Å²) in [4.78, 5) is 28.9. The van der Waals surface area contributed by atoms with Gasteiger partial charge in [-0.05, 0) is 67.0 Å². The van der Waals surface area contributed by atoms with E-state index < -0.39 is 29.1 Å². The van der Waals surface area contributed by atoms with E-state index in [1.54, 1.807) is 29.2 Å². The molecule has 2 aliphatic rings. The number of benzene rings is 2. The van der Waals surface area contributed by atoms with Crippen molar-refractivity contribution in [2.24, 2.45) is 23.5 Å². The molecule has 2 amide bonds. The highest BCUT2D eigenvalue weighted by atomic mass is 19.4. The first-order chi connectivity index (χ1) is 17.1. The predicted octanol–water partition coefficient (Wildman–Crippen LogP) is 4.23. The highest BCUT2D eigenvalue weighted by Crippen LogP contribution is 2.39.